The van der Waals surface area contributed by atoms with E-state index in [2.05, 4.69) is 9.97 Å². The molecule has 0 unspecified atom stereocenters. The number of hydrogen-bond donors (Lipinski definition) is 1. The van der Waals surface area contributed by atoms with E-state index in [1.807, 2.05) is 19.9 Å². The third kappa shape index (κ3) is 6.17. The van der Waals surface area contributed by atoms with Gasteiger partial charge in [0.25, 0.3) is 5.56 Å². The van der Waals surface area contributed by atoms with Crippen LogP contribution in [-0.4, -0.2) is 57.3 Å². The third-order valence-electron chi connectivity index (χ3n) is 7.81. The number of anilines is 2. The van der Waals surface area contributed by atoms with E-state index in [1.54, 1.807) is 44.9 Å². The number of piperazine rings is 1. The number of hydrogen-bond acceptors (Lipinski definition) is 8. The largest absolute Gasteiger partial charge is 0.444 e. The normalized spacial score (nSPS) is 13.7. The molecule has 10 nitrogen and oxygen atoms in total. The molecule has 0 bridgehead atoms. The van der Waals surface area contributed by atoms with Gasteiger partial charge in [0.1, 0.15) is 22.9 Å². The van der Waals surface area contributed by atoms with Gasteiger partial charge in [0.05, 0.1) is 38.4 Å². The third-order valence-corrected chi connectivity index (χ3v) is 8.39. The summed E-state index contributed by atoms with van der Waals surface area (Å²) in [5.41, 5.74) is 4.75. The highest BCUT2D eigenvalue weighted by Gasteiger charge is 2.32. The zero-order chi connectivity index (χ0) is 34.5. The highest BCUT2D eigenvalue weighted by molar-refractivity contribution is 6.37. The molecule has 14 heteroatoms. The van der Waals surface area contributed by atoms with Crippen molar-refractivity contribution in [2.45, 2.75) is 53.1 Å². The Morgan fingerprint density at radius 2 is 1.77 bits per heavy atom. The molecule has 3 aromatic heterocycles. The zero-order valence-corrected chi connectivity index (χ0v) is 28.2. The molecule has 5 rings (SSSR count). The summed E-state index contributed by atoms with van der Waals surface area (Å²) in [6.07, 6.45) is 1.11. The first-order valence-electron chi connectivity index (χ1n) is 14.9. The van der Waals surface area contributed by atoms with E-state index >= 15 is 8.78 Å². The van der Waals surface area contributed by atoms with Crippen LogP contribution in [0.2, 0.25) is 10.0 Å². The fourth-order valence-corrected chi connectivity index (χ4v) is 6.11. The average Bonchev–Trinajstić information content (AvgIpc) is 2.99. The van der Waals surface area contributed by atoms with Crippen LogP contribution >= 0.6 is 23.2 Å². The van der Waals surface area contributed by atoms with Gasteiger partial charge in [0.15, 0.2) is 17.3 Å². The first kappa shape index (κ1) is 33.9. The maximum Gasteiger partial charge on any atom is 0.410 e. The molecule has 1 aliphatic rings. The Morgan fingerprint density at radius 1 is 1.11 bits per heavy atom. The number of nitrogens with zero attached hydrogens (tertiary/aromatic N) is 6. The van der Waals surface area contributed by atoms with Gasteiger partial charge in [-0.25, -0.2) is 18.6 Å². The fourth-order valence-electron chi connectivity index (χ4n) is 5.64. The molecule has 1 aromatic carbocycles. The van der Waals surface area contributed by atoms with Crippen LogP contribution in [-0.2, 0) is 4.74 Å². The van der Waals surface area contributed by atoms with E-state index in [0.717, 1.165) is 12.1 Å². The second-order valence-electron chi connectivity index (χ2n) is 12.6. The summed E-state index contributed by atoms with van der Waals surface area (Å²) in [5, 5.41) is 10.0. The van der Waals surface area contributed by atoms with E-state index in [0.29, 0.717) is 16.9 Å². The van der Waals surface area contributed by atoms with Crippen LogP contribution in [0.3, 0.4) is 0 Å². The van der Waals surface area contributed by atoms with Crippen molar-refractivity contribution in [1.82, 2.24) is 19.4 Å². The number of aryl methyl sites for hydroxylation is 1. The minimum Gasteiger partial charge on any atom is -0.444 e. The van der Waals surface area contributed by atoms with Crippen LogP contribution in [0.5, 0.6) is 0 Å². The Hall–Kier alpha value is -4.47. The van der Waals surface area contributed by atoms with Crippen molar-refractivity contribution in [3.8, 4) is 23.0 Å². The first-order valence-corrected chi connectivity index (χ1v) is 15.6. The van der Waals surface area contributed by atoms with Crippen LogP contribution in [0, 0.1) is 29.9 Å². The first-order chi connectivity index (χ1) is 22.0. The van der Waals surface area contributed by atoms with Gasteiger partial charge in [0, 0.05) is 37.8 Å². The smallest absolute Gasteiger partial charge is 0.410 e. The predicted octanol–water partition coefficient (Wildman–Crippen LogP) is 6.98. The van der Waals surface area contributed by atoms with Gasteiger partial charge in [-0.1, -0.05) is 37.0 Å². The molecule has 0 spiro atoms. The molecule has 1 fully saturated rings. The molecule has 4 heterocycles. The number of fused-ring (bicyclic) bond motifs is 1. The Morgan fingerprint density at radius 3 is 2.36 bits per heavy atom. The molecule has 0 saturated carbocycles. The number of nitriles is 1. The number of rotatable bonds is 4. The molecular weight excluding hydrogens is 651 g/mol. The minimum atomic E-state index is -1.04. The number of amides is 1. The maximum atomic E-state index is 16.2. The van der Waals surface area contributed by atoms with Gasteiger partial charge in [0.2, 0.25) is 0 Å². The lowest BCUT2D eigenvalue weighted by atomic mass is 10.0. The van der Waals surface area contributed by atoms with Crippen LogP contribution in [0.15, 0.2) is 29.2 Å². The average molecular weight is 685 g/mol. The Balaban J connectivity index is 1.83. The number of nitrogen functional groups attached to an aromatic ring is 1. The molecule has 1 aliphatic heterocycles. The SMILES string of the molecule is Cc1ccnc(C(C)C)c1-n1c(=O)c(C#N)c(N2CCN(C(=O)OC(C)(C)C)CC2)c2cc(F)c(-c3c(N)c(Cl)cc(Cl)c3F)nc21. The lowest BCUT2D eigenvalue weighted by Gasteiger charge is -2.37. The second kappa shape index (κ2) is 12.6. The summed E-state index contributed by atoms with van der Waals surface area (Å²) in [6, 6.07) is 5.93. The highest BCUT2D eigenvalue weighted by atomic mass is 35.5. The summed E-state index contributed by atoms with van der Waals surface area (Å²) < 4.78 is 38.4. The van der Waals surface area contributed by atoms with Gasteiger partial charge >= 0.3 is 6.09 Å². The maximum absolute atomic E-state index is 16.2. The number of carbonyl (C=O) groups excluding carboxylic acids is 1. The fraction of sp³-hybridized carbons (Fsp3) is 0.364. The van der Waals surface area contributed by atoms with Crippen molar-refractivity contribution in [3.63, 3.8) is 0 Å². The van der Waals surface area contributed by atoms with Gasteiger partial charge in [-0.2, -0.15) is 5.26 Å². The predicted molar refractivity (Wildman–Crippen MR) is 178 cm³/mol. The van der Waals surface area contributed by atoms with Gasteiger partial charge in [-0.15, -0.1) is 0 Å². The van der Waals surface area contributed by atoms with E-state index < -0.39 is 45.2 Å². The van der Waals surface area contributed by atoms with Crippen molar-refractivity contribution >= 4 is 51.7 Å². The Bertz CT molecular complexity index is 2000. The molecule has 1 saturated heterocycles. The zero-order valence-electron chi connectivity index (χ0n) is 26.7. The van der Waals surface area contributed by atoms with Crippen molar-refractivity contribution < 1.29 is 18.3 Å². The number of aromatic nitrogens is 3. The van der Waals surface area contributed by atoms with Crippen molar-refractivity contribution in [2.24, 2.45) is 0 Å². The number of halogens is 4. The molecule has 0 aliphatic carbocycles. The number of nitrogens with two attached hydrogens (primary N) is 1. The van der Waals surface area contributed by atoms with Gasteiger partial charge < -0.3 is 20.3 Å². The van der Waals surface area contributed by atoms with Crippen LogP contribution in [0.1, 0.15) is 57.4 Å². The standard InChI is InChI=1S/C33H33Cl2F2N7O3/c1-16(2)26-28(17(3)7-8-40-26)44-30-18(13-22(36)27(41-30)23-24(37)20(34)14-21(35)25(23)39)29(19(15-38)31(44)45)42-9-11-43(12-10-42)32(46)47-33(4,5)6/h7-8,13-14,16H,9-12,39H2,1-6H3. The molecular formula is C33H33Cl2F2N7O3. The Labute approximate surface area is 280 Å². The summed E-state index contributed by atoms with van der Waals surface area (Å²) in [5.74, 6) is -2.20. The molecule has 2 N–H and O–H groups in total. The number of pyridine rings is 3. The summed E-state index contributed by atoms with van der Waals surface area (Å²) in [7, 11) is 0. The molecule has 0 radical (unpaired) electrons. The van der Waals surface area contributed by atoms with Crippen LogP contribution in [0.4, 0.5) is 25.0 Å². The van der Waals surface area contributed by atoms with E-state index in [9.17, 15) is 14.9 Å². The highest BCUT2D eigenvalue weighted by Crippen LogP contribution is 2.41. The molecule has 0 atom stereocenters. The second-order valence-corrected chi connectivity index (χ2v) is 13.4. The summed E-state index contributed by atoms with van der Waals surface area (Å²) >= 11 is 12.3. The van der Waals surface area contributed by atoms with E-state index in [-0.39, 0.29) is 65.1 Å². The number of benzene rings is 1. The topological polar surface area (TPSA) is 130 Å². The van der Waals surface area contributed by atoms with Crippen molar-refractivity contribution in [1.29, 1.82) is 5.26 Å². The van der Waals surface area contributed by atoms with Crippen molar-refractivity contribution in [2.75, 3.05) is 36.8 Å². The van der Waals surface area contributed by atoms with Gasteiger partial charge in [-0.05, 0) is 57.4 Å². The van der Waals surface area contributed by atoms with E-state index in [4.69, 9.17) is 33.7 Å². The van der Waals surface area contributed by atoms with Crippen LogP contribution in [0.25, 0.3) is 28.0 Å². The molecule has 246 valence electrons. The van der Waals surface area contributed by atoms with Gasteiger partial charge in [-0.3, -0.25) is 14.3 Å². The summed E-state index contributed by atoms with van der Waals surface area (Å²) in [4.78, 5) is 39.5. The quantitative estimate of drug-likeness (QED) is 0.180. The van der Waals surface area contributed by atoms with Crippen molar-refractivity contribution in [3.05, 3.63) is 73.3 Å². The lowest BCUT2D eigenvalue weighted by Crippen LogP contribution is -2.50. The Kier molecular flexibility index (Phi) is 9.10. The number of ether oxygens (including phenoxy) is 1. The molecule has 47 heavy (non-hydrogen) atoms. The number of carbonyl (C=O) groups is 1. The van der Waals surface area contributed by atoms with E-state index in [1.165, 1.54) is 9.47 Å². The summed E-state index contributed by atoms with van der Waals surface area (Å²) in [6.45, 7) is 11.7. The molecule has 1 amide bonds. The van der Waals surface area contributed by atoms with Crippen LogP contribution < -0.4 is 16.2 Å². The molecule has 4 aromatic rings. The monoisotopic (exact) mass is 683 g/mol. The lowest BCUT2D eigenvalue weighted by molar-refractivity contribution is 0.0240. The minimum absolute atomic E-state index is 0.0668.